The molecule has 4 heterocycles. The molecule has 2 atom stereocenters. The molecule has 0 bridgehead atoms. The molecular formula is C21H23N5O4. The smallest absolute Gasteiger partial charge is 0.249 e. The summed E-state index contributed by atoms with van der Waals surface area (Å²) < 4.78 is 10.7. The van der Waals surface area contributed by atoms with Crippen LogP contribution in [0.5, 0.6) is 0 Å². The number of rotatable bonds is 7. The third-order valence-electron chi connectivity index (χ3n) is 5.10. The molecule has 1 aliphatic rings. The molecule has 2 amide bonds. The Labute approximate surface area is 173 Å². The Balaban J connectivity index is 1.43. The summed E-state index contributed by atoms with van der Waals surface area (Å²) in [5, 5.41) is 7.00. The van der Waals surface area contributed by atoms with Crippen LogP contribution in [0.3, 0.4) is 0 Å². The molecule has 0 aromatic carbocycles. The number of nitrogens with zero attached hydrogens (tertiary/aromatic N) is 4. The molecular weight excluding hydrogens is 386 g/mol. The van der Waals surface area contributed by atoms with Gasteiger partial charge >= 0.3 is 0 Å². The first-order valence-corrected chi connectivity index (χ1v) is 9.86. The van der Waals surface area contributed by atoms with E-state index in [1.54, 1.807) is 35.7 Å². The van der Waals surface area contributed by atoms with Crippen molar-refractivity contribution in [2.75, 3.05) is 6.54 Å². The summed E-state index contributed by atoms with van der Waals surface area (Å²) in [4.78, 5) is 35.3. The average molecular weight is 409 g/mol. The molecule has 0 radical (unpaired) electrons. The standard InChI is InChI=1S/C21H23N5O4/c1-13(2)18(21-24-19(25-30-21)14-5-3-7-22-10-14)23-20(28)15-9-17(27)26(11-15)12-16-6-4-8-29-16/h3-8,10,13,15,18H,9,11-12H2,1-2H3,(H,23,28). The van der Waals surface area contributed by atoms with E-state index in [2.05, 4.69) is 20.4 Å². The van der Waals surface area contributed by atoms with E-state index in [0.29, 0.717) is 30.6 Å². The highest BCUT2D eigenvalue weighted by Crippen LogP contribution is 2.26. The number of furan rings is 1. The van der Waals surface area contributed by atoms with Gasteiger partial charge in [-0.3, -0.25) is 14.6 Å². The summed E-state index contributed by atoms with van der Waals surface area (Å²) in [6, 6.07) is 6.76. The summed E-state index contributed by atoms with van der Waals surface area (Å²) in [6.07, 6.45) is 5.05. The first-order chi connectivity index (χ1) is 14.5. The maximum Gasteiger partial charge on any atom is 0.249 e. The van der Waals surface area contributed by atoms with Crippen LogP contribution in [0.1, 0.15) is 38.0 Å². The fraction of sp³-hybridized carbons (Fsp3) is 0.381. The van der Waals surface area contributed by atoms with E-state index >= 15 is 0 Å². The monoisotopic (exact) mass is 409 g/mol. The second-order valence-corrected chi connectivity index (χ2v) is 7.68. The van der Waals surface area contributed by atoms with Gasteiger partial charge in [-0.15, -0.1) is 0 Å². The molecule has 1 fully saturated rings. The van der Waals surface area contributed by atoms with Crippen molar-refractivity contribution >= 4 is 11.8 Å². The van der Waals surface area contributed by atoms with Gasteiger partial charge in [-0.25, -0.2) is 0 Å². The molecule has 3 aromatic heterocycles. The number of hydrogen-bond acceptors (Lipinski definition) is 7. The summed E-state index contributed by atoms with van der Waals surface area (Å²) in [6.45, 7) is 4.63. The predicted octanol–water partition coefficient (Wildman–Crippen LogP) is 2.59. The zero-order valence-electron chi connectivity index (χ0n) is 16.8. The molecule has 0 saturated carbocycles. The first kappa shape index (κ1) is 19.8. The Kier molecular flexibility index (Phi) is 5.60. The van der Waals surface area contributed by atoms with Gasteiger partial charge in [0, 0.05) is 30.9 Å². The second-order valence-electron chi connectivity index (χ2n) is 7.68. The molecule has 30 heavy (non-hydrogen) atoms. The Morgan fingerprint density at radius 3 is 2.90 bits per heavy atom. The fourth-order valence-electron chi connectivity index (χ4n) is 3.45. The van der Waals surface area contributed by atoms with E-state index in [0.717, 1.165) is 5.56 Å². The largest absolute Gasteiger partial charge is 0.467 e. The Hall–Kier alpha value is -3.49. The number of amides is 2. The van der Waals surface area contributed by atoms with Crippen molar-refractivity contribution in [2.24, 2.45) is 11.8 Å². The molecule has 156 valence electrons. The third-order valence-corrected chi connectivity index (χ3v) is 5.10. The van der Waals surface area contributed by atoms with Gasteiger partial charge in [-0.1, -0.05) is 19.0 Å². The first-order valence-electron chi connectivity index (χ1n) is 9.86. The van der Waals surface area contributed by atoms with Crippen LogP contribution in [0.15, 0.2) is 51.9 Å². The lowest BCUT2D eigenvalue weighted by molar-refractivity contribution is -0.129. The minimum absolute atomic E-state index is 0.0208. The van der Waals surface area contributed by atoms with Crippen molar-refractivity contribution in [2.45, 2.75) is 32.9 Å². The SMILES string of the molecule is CC(C)C(NC(=O)C1CC(=O)N(Cc2ccco2)C1)c1nc(-c2cccnc2)no1. The Bertz CT molecular complexity index is 1000. The summed E-state index contributed by atoms with van der Waals surface area (Å²) in [7, 11) is 0. The molecule has 2 unspecified atom stereocenters. The molecule has 1 saturated heterocycles. The number of nitrogens with one attached hydrogen (secondary N) is 1. The van der Waals surface area contributed by atoms with Crippen LogP contribution in [0.4, 0.5) is 0 Å². The minimum Gasteiger partial charge on any atom is -0.467 e. The van der Waals surface area contributed by atoms with Gasteiger partial charge in [-0.05, 0) is 30.2 Å². The molecule has 4 rings (SSSR count). The van der Waals surface area contributed by atoms with E-state index in [1.165, 1.54) is 0 Å². The highest BCUT2D eigenvalue weighted by molar-refractivity contribution is 5.89. The highest BCUT2D eigenvalue weighted by atomic mass is 16.5. The van der Waals surface area contributed by atoms with Gasteiger partial charge < -0.3 is 19.2 Å². The van der Waals surface area contributed by atoms with Gasteiger partial charge in [0.25, 0.3) is 0 Å². The number of aromatic nitrogens is 3. The van der Waals surface area contributed by atoms with Crippen LogP contribution in [-0.4, -0.2) is 38.4 Å². The lowest BCUT2D eigenvalue weighted by Gasteiger charge is -2.21. The average Bonchev–Trinajstić information content (AvgIpc) is 3.49. The van der Waals surface area contributed by atoms with Crippen molar-refractivity contribution in [3.05, 3.63) is 54.6 Å². The van der Waals surface area contributed by atoms with Crippen molar-refractivity contribution in [3.8, 4) is 11.4 Å². The fourth-order valence-corrected chi connectivity index (χ4v) is 3.45. The van der Waals surface area contributed by atoms with Crippen LogP contribution in [0, 0.1) is 11.8 Å². The van der Waals surface area contributed by atoms with Crippen molar-refractivity contribution in [1.82, 2.24) is 25.3 Å². The van der Waals surface area contributed by atoms with Crippen LogP contribution in [0.2, 0.25) is 0 Å². The van der Waals surface area contributed by atoms with Crippen LogP contribution < -0.4 is 5.32 Å². The molecule has 0 spiro atoms. The zero-order valence-corrected chi connectivity index (χ0v) is 16.8. The summed E-state index contributed by atoms with van der Waals surface area (Å²) in [5.74, 6) is 0.752. The van der Waals surface area contributed by atoms with Crippen LogP contribution >= 0.6 is 0 Å². The van der Waals surface area contributed by atoms with Crippen molar-refractivity contribution in [3.63, 3.8) is 0 Å². The number of hydrogen-bond donors (Lipinski definition) is 1. The lowest BCUT2D eigenvalue weighted by atomic mass is 10.0. The predicted molar refractivity (Wildman–Crippen MR) is 105 cm³/mol. The van der Waals surface area contributed by atoms with Gasteiger partial charge in [0.1, 0.15) is 11.8 Å². The maximum absolute atomic E-state index is 12.9. The van der Waals surface area contributed by atoms with Crippen LogP contribution in [-0.2, 0) is 16.1 Å². The topological polar surface area (TPSA) is 114 Å². The number of likely N-dealkylation sites (tertiary alicyclic amines) is 1. The molecule has 9 heteroatoms. The molecule has 0 aliphatic carbocycles. The van der Waals surface area contributed by atoms with E-state index in [4.69, 9.17) is 8.94 Å². The van der Waals surface area contributed by atoms with Crippen LogP contribution in [0.25, 0.3) is 11.4 Å². The van der Waals surface area contributed by atoms with Crippen molar-refractivity contribution in [1.29, 1.82) is 0 Å². The minimum atomic E-state index is -0.454. The van der Waals surface area contributed by atoms with E-state index < -0.39 is 12.0 Å². The third kappa shape index (κ3) is 4.24. The maximum atomic E-state index is 12.9. The Morgan fingerprint density at radius 1 is 1.33 bits per heavy atom. The number of pyridine rings is 1. The van der Waals surface area contributed by atoms with Crippen molar-refractivity contribution < 1.29 is 18.5 Å². The quantitative estimate of drug-likeness (QED) is 0.638. The number of carbonyl (C=O) groups excluding carboxylic acids is 2. The van der Waals surface area contributed by atoms with E-state index in [-0.39, 0.29) is 24.2 Å². The van der Waals surface area contributed by atoms with E-state index in [1.807, 2.05) is 26.0 Å². The molecule has 3 aromatic rings. The normalized spacial score (nSPS) is 17.5. The zero-order chi connectivity index (χ0) is 21.1. The van der Waals surface area contributed by atoms with Gasteiger partial charge in [0.05, 0.1) is 18.7 Å². The van der Waals surface area contributed by atoms with Gasteiger partial charge in [-0.2, -0.15) is 4.98 Å². The van der Waals surface area contributed by atoms with E-state index in [9.17, 15) is 9.59 Å². The number of carbonyl (C=O) groups is 2. The molecule has 9 nitrogen and oxygen atoms in total. The molecule has 1 N–H and O–H groups in total. The highest BCUT2D eigenvalue weighted by Gasteiger charge is 2.36. The van der Waals surface area contributed by atoms with Gasteiger partial charge in [0.2, 0.25) is 23.5 Å². The lowest BCUT2D eigenvalue weighted by Crippen LogP contribution is -2.37. The summed E-state index contributed by atoms with van der Waals surface area (Å²) in [5.41, 5.74) is 0.733. The Morgan fingerprint density at radius 2 is 2.20 bits per heavy atom. The second kappa shape index (κ2) is 8.48. The molecule has 1 aliphatic heterocycles. The summed E-state index contributed by atoms with van der Waals surface area (Å²) >= 11 is 0. The van der Waals surface area contributed by atoms with Gasteiger partial charge in [0.15, 0.2) is 0 Å².